The molecule has 1 amide bonds. The van der Waals surface area contributed by atoms with E-state index in [1.807, 2.05) is 19.4 Å². The van der Waals surface area contributed by atoms with E-state index < -0.39 is 22.0 Å². The van der Waals surface area contributed by atoms with Crippen LogP contribution in [0.5, 0.6) is 0 Å². The molecule has 3 aromatic rings. The molecular weight excluding hydrogens is 422 g/mol. The van der Waals surface area contributed by atoms with Crippen molar-refractivity contribution in [1.82, 2.24) is 19.5 Å². The Bertz CT molecular complexity index is 1100. The Labute approximate surface area is 180 Å². The minimum atomic E-state index is -3.82. The summed E-state index contributed by atoms with van der Waals surface area (Å²) in [5, 5.41) is 10.8. The number of anilines is 1. The molecule has 30 heavy (non-hydrogen) atoms. The number of nitrogens with zero attached hydrogens (tertiary/aromatic N) is 3. The monoisotopic (exact) mass is 445 g/mol. The van der Waals surface area contributed by atoms with Gasteiger partial charge in [0.05, 0.1) is 4.90 Å². The van der Waals surface area contributed by atoms with Crippen molar-refractivity contribution in [3.05, 3.63) is 60.9 Å². The lowest BCUT2D eigenvalue weighted by Crippen LogP contribution is -2.44. The number of aryl methyl sites for hydroxylation is 1. The molecule has 2 aromatic carbocycles. The van der Waals surface area contributed by atoms with Gasteiger partial charge < -0.3 is 9.88 Å². The van der Waals surface area contributed by atoms with Crippen LogP contribution in [0, 0.1) is 0 Å². The summed E-state index contributed by atoms with van der Waals surface area (Å²) in [6.07, 6.45) is 3.87. The van der Waals surface area contributed by atoms with Gasteiger partial charge in [-0.25, -0.2) is 8.42 Å². The molecule has 2 N–H and O–H groups in total. The third kappa shape index (κ3) is 5.47. The maximum Gasteiger partial charge on any atom is 0.242 e. The van der Waals surface area contributed by atoms with Crippen LogP contribution in [0.1, 0.15) is 6.42 Å². The van der Waals surface area contributed by atoms with Gasteiger partial charge in [-0.2, -0.15) is 16.5 Å². The van der Waals surface area contributed by atoms with Gasteiger partial charge in [0.15, 0.2) is 5.82 Å². The van der Waals surface area contributed by atoms with E-state index in [-0.39, 0.29) is 4.90 Å². The molecule has 1 unspecified atom stereocenters. The summed E-state index contributed by atoms with van der Waals surface area (Å²) in [6.45, 7) is 0. The molecule has 0 aliphatic rings. The molecule has 0 radical (unpaired) electrons. The first kappa shape index (κ1) is 22.0. The van der Waals surface area contributed by atoms with Gasteiger partial charge in [0.2, 0.25) is 15.9 Å². The van der Waals surface area contributed by atoms with E-state index in [1.54, 1.807) is 59.1 Å². The van der Waals surface area contributed by atoms with Gasteiger partial charge >= 0.3 is 0 Å². The third-order valence-corrected chi connectivity index (χ3v) is 6.51. The van der Waals surface area contributed by atoms with Crippen LogP contribution in [0.25, 0.3) is 11.4 Å². The Hall–Kier alpha value is -2.69. The number of aromatic nitrogens is 3. The first-order chi connectivity index (χ1) is 14.4. The van der Waals surface area contributed by atoms with Crippen LogP contribution >= 0.6 is 11.8 Å². The number of hydrogen-bond donors (Lipinski definition) is 2. The Morgan fingerprint density at radius 2 is 1.93 bits per heavy atom. The molecule has 0 bridgehead atoms. The van der Waals surface area contributed by atoms with Crippen molar-refractivity contribution >= 4 is 33.4 Å². The number of benzene rings is 2. The summed E-state index contributed by atoms with van der Waals surface area (Å²) >= 11 is 1.54. The molecule has 0 saturated carbocycles. The number of carbonyl (C=O) groups excluding carboxylic acids is 1. The lowest BCUT2D eigenvalue weighted by molar-refractivity contribution is -0.117. The molecule has 1 aromatic heterocycles. The van der Waals surface area contributed by atoms with Crippen LogP contribution in [0.3, 0.4) is 0 Å². The maximum atomic E-state index is 12.9. The molecule has 1 heterocycles. The van der Waals surface area contributed by atoms with Crippen LogP contribution in [-0.2, 0) is 21.9 Å². The number of nitrogens with one attached hydrogen (secondary N) is 2. The molecule has 8 nitrogen and oxygen atoms in total. The van der Waals surface area contributed by atoms with Crippen LogP contribution in [-0.4, -0.2) is 47.1 Å². The number of carbonyl (C=O) groups is 1. The highest BCUT2D eigenvalue weighted by Crippen LogP contribution is 2.20. The summed E-state index contributed by atoms with van der Waals surface area (Å²) in [4.78, 5) is 13.0. The highest BCUT2D eigenvalue weighted by atomic mass is 32.2. The molecule has 0 spiro atoms. The molecule has 0 aliphatic carbocycles. The van der Waals surface area contributed by atoms with Gasteiger partial charge in [-0.05, 0) is 42.7 Å². The van der Waals surface area contributed by atoms with E-state index in [4.69, 9.17) is 0 Å². The Balaban J connectivity index is 1.78. The van der Waals surface area contributed by atoms with Gasteiger partial charge in [-0.15, -0.1) is 10.2 Å². The zero-order valence-corrected chi connectivity index (χ0v) is 18.3. The zero-order valence-electron chi connectivity index (χ0n) is 16.6. The topological polar surface area (TPSA) is 106 Å². The first-order valence-corrected chi connectivity index (χ1v) is 12.1. The molecule has 3 rings (SSSR count). The molecule has 1 atom stereocenters. The summed E-state index contributed by atoms with van der Waals surface area (Å²) in [7, 11) is -1.99. The quantitative estimate of drug-likeness (QED) is 0.524. The number of amides is 1. The lowest BCUT2D eigenvalue weighted by Gasteiger charge is -2.18. The minimum absolute atomic E-state index is 0.122. The molecule has 158 valence electrons. The standard InChI is InChI=1S/C20H23N5O3S2/c1-25-14-21-23-19(25)15-7-6-8-16(13-15)22-20(26)18(11-12-29-2)24-30(27,28)17-9-4-3-5-10-17/h3-10,13-14,18,24H,11-12H2,1-2H3,(H,22,26). The predicted octanol–water partition coefficient (Wildman–Crippen LogP) is 2.52. The van der Waals surface area contributed by atoms with E-state index in [0.29, 0.717) is 23.7 Å². The van der Waals surface area contributed by atoms with Crippen molar-refractivity contribution in [3.8, 4) is 11.4 Å². The summed E-state index contributed by atoms with van der Waals surface area (Å²) in [5.74, 6) is 0.877. The van der Waals surface area contributed by atoms with Crippen LogP contribution in [0.4, 0.5) is 5.69 Å². The number of hydrogen-bond acceptors (Lipinski definition) is 6. The predicted molar refractivity (Wildman–Crippen MR) is 119 cm³/mol. The van der Waals surface area contributed by atoms with Crippen molar-refractivity contribution in [2.75, 3.05) is 17.3 Å². The molecule has 0 aliphatic heterocycles. The lowest BCUT2D eigenvalue weighted by atomic mass is 10.1. The van der Waals surface area contributed by atoms with Gasteiger partial charge in [0, 0.05) is 18.3 Å². The van der Waals surface area contributed by atoms with Crippen molar-refractivity contribution in [1.29, 1.82) is 0 Å². The van der Waals surface area contributed by atoms with E-state index in [9.17, 15) is 13.2 Å². The van der Waals surface area contributed by atoms with Gasteiger partial charge in [-0.1, -0.05) is 30.3 Å². The summed E-state index contributed by atoms with van der Waals surface area (Å²) in [6, 6.07) is 14.3. The maximum absolute atomic E-state index is 12.9. The van der Waals surface area contributed by atoms with E-state index >= 15 is 0 Å². The van der Waals surface area contributed by atoms with E-state index in [2.05, 4.69) is 20.2 Å². The second-order valence-electron chi connectivity index (χ2n) is 6.60. The second-order valence-corrected chi connectivity index (χ2v) is 9.30. The average molecular weight is 446 g/mol. The Kier molecular flexibility index (Phi) is 7.24. The van der Waals surface area contributed by atoms with Gasteiger partial charge in [-0.3, -0.25) is 4.79 Å². The fourth-order valence-electron chi connectivity index (χ4n) is 2.84. The largest absolute Gasteiger partial charge is 0.325 e. The van der Waals surface area contributed by atoms with E-state index in [1.165, 1.54) is 12.1 Å². The van der Waals surface area contributed by atoms with Crippen molar-refractivity contribution < 1.29 is 13.2 Å². The van der Waals surface area contributed by atoms with Crippen molar-refractivity contribution in [2.24, 2.45) is 7.05 Å². The zero-order chi connectivity index (χ0) is 21.6. The minimum Gasteiger partial charge on any atom is -0.325 e. The second kappa shape index (κ2) is 9.88. The summed E-state index contributed by atoms with van der Waals surface area (Å²) in [5.41, 5.74) is 1.34. The molecular formula is C20H23N5O3S2. The highest BCUT2D eigenvalue weighted by molar-refractivity contribution is 7.98. The summed E-state index contributed by atoms with van der Waals surface area (Å²) < 4.78 is 29.7. The highest BCUT2D eigenvalue weighted by Gasteiger charge is 2.25. The molecule has 0 saturated heterocycles. The number of rotatable bonds is 9. The fourth-order valence-corrected chi connectivity index (χ4v) is 4.57. The first-order valence-electron chi connectivity index (χ1n) is 9.22. The normalized spacial score (nSPS) is 12.5. The number of thioether (sulfide) groups is 1. The van der Waals surface area contributed by atoms with Crippen molar-refractivity contribution in [2.45, 2.75) is 17.4 Å². The van der Waals surface area contributed by atoms with Crippen LogP contribution in [0.15, 0.2) is 65.8 Å². The molecule has 0 fully saturated rings. The van der Waals surface area contributed by atoms with Crippen molar-refractivity contribution in [3.63, 3.8) is 0 Å². The van der Waals surface area contributed by atoms with Crippen LogP contribution in [0.2, 0.25) is 0 Å². The smallest absolute Gasteiger partial charge is 0.242 e. The fraction of sp³-hybridized carbons (Fsp3) is 0.250. The third-order valence-electron chi connectivity index (χ3n) is 4.38. The molecule has 10 heteroatoms. The average Bonchev–Trinajstić information content (AvgIpc) is 3.17. The van der Waals surface area contributed by atoms with Gasteiger partial charge in [0.1, 0.15) is 12.4 Å². The number of sulfonamides is 1. The van der Waals surface area contributed by atoms with E-state index in [0.717, 1.165) is 5.56 Å². The SMILES string of the molecule is CSCCC(NS(=O)(=O)c1ccccc1)C(=O)Nc1cccc(-c2nncn2C)c1. The Morgan fingerprint density at radius 3 is 2.60 bits per heavy atom. The Morgan fingerprint density at radius 1 is 1.17 bits per heavy atom. The van der Waals surface area contributed by atoms with Crippen LogP contribution < -0.4 is 10.0 Å². The van der Waals surface area contributed by atoms with Gasteiger partial charge in [0.25, 0.3) is 0 Å².